The lowest BCUT2D eigenvalue weighted by Crippen LogP contribution is -2.20. The number of anilines is 2. The van der Waals surface area contributed by atoms with Crippen LogP contribution in [-0.4, -0.2) is 26.6 Å². The van der Waals surface area contributed by atoms with Gasteiger partial charge in [-0.05, 0) is 43.4 Å². The highest BCUT2D eigenvalue weighted by Crippen LogP contribution is 2.50. The maximum atomic E-state index is 12.7. The Morgan fingerprint density at radius 2 is 2.03 bits per heavy atom. The molecule has 9 heteroatoms. The van der Waals surface area contributed by atoms with E-state index in [0.717, 1.165) is 16.8 Å². The van der Waals surface area contributed by atoms with Crippen LogP contribution in [0.1, 0.15) is 17.7 Å². The van der Waals surface area contributed by atoms with E-state index in [2.05, 4.69) is 15.3 Å². The first kappa shape index (κ1) is 19.2. The number of nitrogens with two attached hydrogens (primary N) is 1. The summed E-state index contributed by atoms with van der Waals surface area (Å²) < 4.78 is 40.1. The number of hydrogen-bond acceptors (Lipinski definition) is 4. The van der Waals surface area contributed by atoms with Gasteiger partial charge in [-0.3, -0.25) is 4.79 Å². The summed E-state index contributed by atoms with van der Waals surface area (Å²) in [6.07, 6.45) is -1.07. The number of aromatic nitrogens is 3. The van der Waals surface area contributed by atoms with Crippen LogP contribution in [0.4, 0.5) is 24.8 Å². The number of pyridine rings is 2. The number of nitrogen functional groups attached to an aromatic ring is 1. The van der Waals surface area contributed by atoms with E-state index in [1.54, 1.807) is 6.07 Å². The van der Waals surface area contributed by atoms with Crippen molar-refractivity contribution in [2.75, 3.05) is 11.1 Å². The van der Waals surface area contributed by atoms with E-state index < -0.39 is 23.9 Å². The van der Waals surface area contributed by atoms with Gasteiger partial charge in [0, 0.05) is 36.1 Å². The van der Waals surface area contributed by atoms with Crippen molar-refractivity contribution >= 4 is 28.3 Å². The van der Waals surface area contributed by atoms with Crippen LogP contribution in [0.3, 0.4) is 0 Å². The normalized spacial score (nSPS) is 18.8. The van der Waals surface area contributed by atoms with Crippen LogP contribution in [0.25, 0.3) is 22.0 Å². The molecule has 0 spiro atoms. The molecule has 1 aliphatic rings. The summed E-state index contributed by atoms with van der Waals surface area (Å²) in [7, 11) is 1.94. The molecule has 3 aromatic heterocycles. The minimum atomic E-state index is -4.35. The van der Waals surface area contributed by atoms with Crippen molar-refractivity contribution in [3.8, 4) is 11.3 Å². The van der Waals surface area contributed by atoms with Gasteiger partial charge < -0.3 is 15.6 Å². The molecule has 2 unspecified atom stereocenters. The highest BCUT2D eigenvalue weighted by atomic mass is 19.4. The van der Waals surface area contributed by atoms with E-state index in [0.29, 0.717) is 22.3 Å². The molecule has 3 N–H and O–H groups in total. The monoisotopic (exact) mass is 403 g/mol. The van der Waals surface area contributed by atoms with Crippen molar-refractivity contribution in [3.05, 3.63) is 35.8 Å². The van der Waals surface area contributed by atoms with Crippen molar-refractivity contribution in [2.24, 2.45) is 18.9 Å². The van der Waals surface area contributed by atoms with Crippen LogP contribution in [0.2, 0.25) is 0 Å². The second kappa shape index (κ2) is 6.47. The van der Waals surface area contributed by atoms with Crippen molar-refractivity contribution in [2.45, 2.75) is 26.4 Å². The summed E-state index contributed by atoms with van der Waals surface area (Å²) in [6.45, 7) is 3.96. The second-order valence-corrected chi connectivity index (χ2v) is 7.55. The third-order valence-electron chi connectivity index (χ3n) is 5.47. The molecule has 1 saturated carbocycles. The highest BCUT2D eigenvalue weighted by molar-refractivity contribution is 5.98. The van der Waals surface area contributed by atoms with E-state index in [-0.39, 0.29) is 12.2 Å². The molecule has 3 aromatic rings. The van der Waals surface area contributed by atoms with Crippen molar-refractivity contribution in [3.63, 3.8) is 0 Å². The average molecular weight is 403 g/mol. The Morgan fingerprint density at radius 3 is 2.62 bits per heavy atom. The third kappa shape index (κ3) is 3.41. The molecule has 3 heterocycles. The predicted octanol–water partition coefficient (Wildman–Crippen LogP) is 3.97. The fourth-order valence-corrected chi connectivity index (χ4v) is 3.74. The molecule has 0 bridgehead atoms. The molecule has 4 rings (SSSR count). The summed E-state index contributed by atoms with van der Waals surface area (Å²) in [5, 5.41) is 3.79. The molecule has 0 aliphatic heterocycles. The van der Waals surface area contributed by atoms with Crippen LogP contribution in [0.5, 0.6) is 0 Å². The first-order valence-corrected chi connectivity index (χ1v) is 9.13. The van der Waals surface area contributed by atoms with Crippen molar-refractivity contribution < 1.29 is 18.0 Å². The Kier molecular flexibility index (Phi) is 4.29. The Labute approximate surface area is 164 Å². The first-order valence-electron chi connectivity index (χ1n) is 9.13. The predicted molar refractivity (Wildman–Crippen MR) is 104 cm³/mol. The Hall–Kier alpha value is -3.10. The van der Waals surface area contributed by atoms with Crippen LogP contribution in [0.15, 0.2) is 24.5 Å². The van der Waals surface area contributed by atoms with Crippen molar-refractivity contribution in [1.82, 2.24) is 14.5 Å². The molecule has 1 aliphatic carbocycles. The standard InChI is InChI=1S/C20H20F3N5O/c1-9-8-28(3)10(2)17(9)15-4-11-5-16(25-7-13(11)18(24)26-15)27-19(29)12-6-14(12)20(21,22)23/h4-5,7-8,12,14H,6H2,1-3H3,(H2,24,26)(H,25,27,29). The van der Waals surface area contributed by atoms with E-state index >= 15 is 0 Å². The molecule has 1 amide bonds. The highest BCUT2D eigenvalue weighted by Gasteiger charge is 2.58. The molecule has 6 nitrogen and oxygen atoms in total. The fraction of sp³-hybridized carbons (Fsp3) is 0.350. The topological polar surface area (TPSA) is 85.8 Å². The Morgan fingerprint density at radius 1 is 1.31 bits per heavy atom. The zero-order valence-corrected chi connectivity index (χ0v) is 16.1. The number of aryl methyl sites for hydroxylation is 2. The number of carbonyl (C=O) groups is 1. The first-order chi connectivity index (χ1) is 13.6. The van der Waals surface area contributed by atoms with Gasteiger partial charge in [0.2, 0.25) is 5.91 Å². The number of nitrogens with one attached hydrogen (secondary N) is 1. The zero-order chi connectivity index (χ0) is 21.1. The summed E-state index contributed by atoms with van der Waals surface area (Å²) in [5.74, 6) is -2.81. The van der Waals surface area contributed by atoms with Gasteiger partial charge in [0.1, 0.15) is 11.6 Å². The van der Waals surface area contributed by atoms with E-state index in [1.165, 1.54) is 6.20 Å². The number of alkyl halides is 3. The van der Waals surface area contributed by atoms with Gasteiger partial charge in [-0.1, -0.05) is 0 Å². The molecule has 0 radical (unpaired) electrons. The van der Waals surface area contributed by atoms with E-state index in [4.69, 9.17) is 5.73 Å². The van der Waals surface area contributed by atoms with Crippen molar-refractivity contribution in [1.29, 1.82) is 0 Å². The largest absolute Gasteiger partial charge is 0.392 e. The maximum absolute atomic E-state index is 12.7. The van der Waals surface area contributed by atoms with E-state index in [9.17, 15) is 18.0 Å². The molecule has 29 heavy (non-hydrogen) atoms. The summed E-state index contributed by atoms with van der Waals surface area (Å²) >= 11 is 0. The zero-order valence-electron chi connectivity index (χ0n) is 16.1. The molecule has 152 valence electrons. The van der Waals surface area contributed by atoms with Gasteiger partial charge in [0.15, 0.2) is 0 Å². The van der Waals surface area contributed by atoms with Gasteiger partial charge in [-0.2, -0.15) is 13.2 Å². The summed E-state index contributed by atoms with van der Waals surface area (Å²) in [5.41, 5.74) is 9.84. The Balaban J connectivity index is 1.66. The van der Waals surface area contributed by atoms with Gasteiger partial charge in [-0.15, -0.1) is 0 Å². The van der Waals surface area contributed by atoms with Gasteiger partial charge >= 0.3 is 6.18 Å². The lowest BCUT2D eigenvalue weighted by Gasteiger charge is -2.10. The number of amides is 1. The van der Waals surface area contributed by atoms with Gasteiger partial charge in [0.25, 0.3) is 0 Å². The summed E-state index contributed by atoms with van der Waals surface area (Å²) in [4.78, 5) is 20.7. The van der Waals surface area contributed by atoms with Crippen LogP contribution in [0, 0.1) is 25.7 Å². The molecule has 0 aromatic carbocycles. The maximum Gasteiger partial charge on any atom is 0.392 e. The Bertz CT molecular complexity index is 1140. The number of nitrogens with zero attached hydrogens (tertiary/aromatic N) is 3. The molecular weight excluding hydrogens is 383 g/mol. The SMILES string of the molecule is Cc1cn(C)c(C)c1-c1cc2cc(NC(=O)C3CC3C(F)(F)F)ncc2c(N)n1. The number of hydrogen-bond donors (Lipinski definition) is 2. The minimum absolute atomic E-state index is 0.184. The molecule has 1 fully saturated rings. The lowest BCUT2D eigenvalue weighted by molar-refractivity contribution is -0.153. The lowest BCUT2D eigenvalue weighted by atomic mass is 10.1. The fourth-order valence-electron chi connectivity index (χ4n) is 3.74. The smallest absolute Gasteiger partial charge is 0.383 e. The second-order valence-electron chi connectivity index (χ2n) is 7.55. The number of carbonyl (C=O) groups excluding carboxylic acids is 1. The van der Waals surface area contributed by atoms with Gasteiger partial charge in [0.05, 0.1) is 17.5 Å². The number of halogens is 3. The molecular formula is C20H20F3N5O. The van der Waals surface area contributed by atoms with Gasteiger partial charge in [-0.25, -0.2) is 9.97 Å². The molecule has 2 atom stereocenters. The van der Waals surface area contributed by atoms with E-state index in [1.807, 2.05) is 37.7 Å². The number of fused-ring (bicyclic) bond motifs is 1. The number of rotatable bonds is 3. The van der Waals surface area contributed by atoms with Crippen LogP contribution in [-0.2, 0) is 11.8 Å². The summed E-state index contributed by atoms with van der Waals surface area (Å²) in [6, 6.07) is 3.45. The van der Waals surface area contributed by atoms with Crippen LogP contribution >= 0.6 is 0 Å². The third-order valence-corrected chi connectivity index (χ3v) is 5.47. The molecule has 0 saturated heterocycles. The van der Waals surface area contributed by atoms with Crippen LogP contribution < -0.4 is 11.1 Å². The average Bonchev–Trinajstić information content (AvgIpc) is 3.38. The quantitative estimate of drug-likeness (QED) is 0.693. The minimum Gasteiger partial charge on any atom is -0.383 e.